The Balaban J connectivity index is 3.08. The van der Waals surface area contributed by atoms with Gasteiger partial charge in [0, 0.05) is 0 Å². The first kappa shape index (κ1) is 12.6. The number of anilines is 1. The molecule has 0 spiro atoms. The fraction of sp³-hybridized carbons (Fsp3) is 0.364. The first-order valence-corrected chi connectivity index (χ1v) is 5.36. The molecule has 0 saturated carbocycles. The topological polar surface area (TPSA) is 61.5 Å². The Morgan fingerprint density at radius 2 is 2.06 bits per heavy atom. The van der Waals surface area contributed by atoms with Crippen LogP contribution in [0.5, 0.6) is 5.75 Å². The monoisotopic (exact) mass is 243 g/mol. The molecule has 0 heterocycles. The number of hydrogen-bond acceptors (Lipinski definition) is 4. The van der Waals surface area contributed by atoms with E-state index in [1.54, 1.807) is 6.92 Å². The SMILES string of the molecule is CCOC(=O)c1cc(Cl)c(N)c(OCC)c1. The smallest absolute Gasteiger partial charge is 0.338 e. The first-order valence-electron chi connectivity index (χ1n) is 4.99. The van der Waals surface area contributed by atoms with E-state index in [1.165, 1.54) is 12.1 Å². The summed E-state index contributed by atoms with van der Waals surface area (Å²) in [7, 11) is 0. The molecular formula is C11H14ClNO3. The molecule has 0 radical (unpaired) electrons. The van der Waals surface area contributed by atoms with E-state index in [0.29, 0.717) is 30.2 Å². The third-order valence-corrected chi connectivity index (χ3v) is 2.22. The van der Waals surface area contributed by atoms with Gasteiger partial charge in [0.15, 0.2) is 0 Å². The van der Waals surface area contributed by atoms with E-state index in [4.69, 9.17) is 26.8 Å². The lowest BCUT2D eigenvalue weighted by molar-refractivity contribution is 0.0526. The van der Waals surface area contributed by atoms with Gasteiger partial charge in [0.05, 0.1) is 29.5 Å². The molecule has 0 aromatic heterocycles. The molecule has 2 N–H and O–H groups in total. The molecule has 1 aromatic carbocycles. The highest BCUT2D eigenvalue weighted by Gasteiger charge is 2.13. The van der Waals surface area contributed by atoms with E-state index in [2.05, 4.69) is 0 Å². The van der Waals surface area contributed by atoms with Gasteiger partial charge in [-0.2, -0.15) is 0 Å². The van der Waals surface area contributed by atoms with Crippen LogP contribution in [0.2, 0.25) is 5.02 Å². The molecule has 0 aliphatic rings. The number of nitrogens with two attached hydrogens (primary N) is 1. The molecule has 0 amide bonds. The molecule has 0 aliphatic heterocycles. The van der Waals surface area contributed by atoms with Gasteiger partial charge in [0.1, 0.15) is 5.75 Å². The fourth-order valence-corrected chi connectivity index (χ4v) is 1.41. The van der Waals surface area contributed by atoms with E-state index in [9.17, 15) is 4.79 Å². The normalized spacial score (nSPS) is 9.94. The van der Waals surface area contributed by atoms with Gasteiger partial charge in [-0.3, -0.25) is 0 Å². The predicted octanol–water partition coefficient (Wildman–Crippen LogP) is 2.50. The summed E-state index contributed by atoms with van der Waals surface area (Å²) in [5, 5.41) is 0.286. The standard InChI is InChI=1S/C11H14ClNO3/c1-3-15-9-6-7(11(14)16-4-2)5-8(12)10(9)13/h5-6H,3-4,13H2,1-2H3. The minimum absolute atomic E-state index is 0.286. The Bertz CT molecular complexity index is 393. The van der Waals surface area contributed by atoms with E-state index < -0.39 is 5.97 Å². The van der Waals surface area contributed by atoms with Gasteiger partial charge in [0.2, 0.25) is 0 Å². The van der Waals surface area contributed by atoms with Crippen molar-refractivity contribution in [1.29, 1.82) is 0 Å². The highest BCUT2D eigenvalue weighted by molar-refractivity contribution is 6.33. The van der Waals surface area contributed by atoms with Crippen molar-refractivity contribution in [2.45, 2.75) is 13.8 Å². The lowest BCUT2D eigenvalue weighted by Crippen LogP contribution is -2.06. The zero-order valence-corrected chi connectivity index (χ0v) is 10.0. The van der Waals surface area contributed by atoms with Crippen LogP contribution in [0, 0.1) is 0 Å². The third kappa shape index (κ3) is 2.79. The molecule has 4 nitrogen and oxygen atoms in total. The van der Waals surface area contributed by atoms with Crippen molar-refractivity contribution in [2.75, 3.05) is 18.9 Å². The fourth-order valence-electron chi connectivity index (χ4n) is 1.20. The van der Waals surface area contributed by atoms with Crippen molar-refractivity contribution in [3.63, 3.8) is 0 Å². The van der Waals surface area contributed by atoms with Gasteiger partial charge in [0.25, 0.3) is 0 Å². The molecule has 1 rings (SSSR count). The van der Waals surface area contributed by atoms with Crippen LogP contribution in [0.3, 0.4) is 0 Å². The second-order valence-corrected chi connectivity index (χ2v) is 3.43. The van der Waals surface area contributed by atoms with Crippen LogP contribution in [0.4, 0.5) is 5.69 Å². The summed E-state index contributed by atoms with van der Waals surface area (Å²) < 4.78 is 10.1. The molecule has 0 unspecified atom stereocenters. The number of rotatable bonds is 4. The van der Waals surface area contributed by atoms with Crippen molar-refractivity contribution in [2.24, 2.45) is 0 Å². The van der Waals surface area contributed by atoms with Crippen molar-refractivity contribution in [3.8, 4) is 5.75 Å². The zero-order valence-electron chi connectivity index (χ0n) is 9.25. The number of halogens is 1. The zero-order chi connectivity index (χ0) is 12.1. The lowest BCUT2D eigenvalue weighted by Gasteiger charge is -2.10. The average Bonchev–Trinajstić information content (AvgIpc) is 2.25. The van der Waals surface area contributed by atoms with Crippen LogP contribution >= 0.6 is 11.6 Å². The van der Waals surface area contributed by atoms with Crippen LogP contribution in [-0.2, 0) is 4.74 Å². The largest absolute Gasteiger partial charge is 0.492 e. The summed E-state index contributed by atoms with van der Waals surface area (Å²) >= 11 is 5.89. The summed E-state index contributed by atoms with van der Waals surface area (Å²) in [6.07, 6.45) is 0. The number of carbonyl (C=O) groups is 1. The van der Waals surface area contributed by atoms with Gasteiger partial charge >= 0.3 is 5.97 Å². The van der Waals surface area contributed by atoms with E-state index in [0.717, 1.165) is 0 Å². The van der Waals surface area contributed by atoms with Gasteiger partial charge in [-0.1, -0.05) is 11.6 Å². The second-order valence-electron chi connectivity index (χ2n) is 3.02. The molecule has 16 heavy (non-hydrogen) atoms. The maximum absolute atomic E-state index is 11.5. The van der Waals surface area contributed by atoms with Crippen LogP contribution in [0.1, 0.15) is 24.2 Å². The molecule has 88 valence electrons. The summed E-state index contributed by atoms with van der Waals surface area (Å²) in [4.78, 5) is 11.5. The number of carbonyl (C=O) groups excluding carboxylic acids is 1. The molecule has 0 aliphatic carbocycles. The molecule has 0 atom stereocenters. The van der Waals surface area contributed by atoms with Crippen LogP contribution < -0.4 is 10.5 Å². The number of benzene rings is 1. The maximum Gasteiger partial charge on any atom is 0.338 e. The number of esters is 1. The summed E-state index contributed by atoms with van der Waals surface area (Å²) in [6, 6.07) is 3.00. The first-order chi connectivity index (χ1) is 7.60. The van der Waals surface area contributed by atoms with E-state index in [-0.39, 0.29) is 5.02 Å². The number of hydrogen-bond donors (Lipinski definition) is 1. The number of ether oxygens (including phenoxy) is 2. The average molecular weight is 244 g/mol. The Labute approximate surface area is 99.3 Å². The highest BCUT2D eigenvalue weighted by Crippen LogP contribution is 2.31. The van der Waals surface area contributed by atoms with Crippen molar-refractivity contribution >= 4 is 23.3 Å². The maximum atomic E-state index is 11.5. The minimum atomic E-state index is -0.439. The lowest BCUT2D eigenvalue weighted by atomic mass is 10.2. The van der Waals surface area contributed by atoms with Gasteiger partial charge in [-0.05, 0) is 26.0 Å². The second kappa shape index (κ2) is 5.61. The van der Waals surface area contributed by atoms with Crippen molar-refractivity contribution in [3.05, 3.63) is 22.7 Å². The van der Waals surface area contributed by atoms with Crippen LogP contribution in [0.15, 0.2) is 12.1 Å². The molecule has 1 aromatic rings. The molecule has 5 heteroatoms. The third-order valence-electron chi connectivity index (χ3n) is 1.90. The van der Waals surface area contributed by atoms with Gasteiger partial charge in [-0.25, -0.2) is 4.79 Å². The molecule has 0 bridgehead atoms. The Kier molecular flexibility index (Phi) is 4.43. The highest BCUT2D eigenvalue weighted by atomic mass is 35.5. The Hall–Kier alpha value is -1.42. The quantitative estimate of drug-likeness (QED) is 0.652. The number of nitrogen functional groups attached to an aromatic ring is 1. The molecule has 0 fully saturated rings. The summed E-state index contributed by atoms with van der Waals surface area (Å²) in [5.41, 5.74) is 6.37. The van der Waals surface area contributed by atoms with E-state index in [1.807, 2.05) is 6.92 Å². The van der Waals surface area contributed by atoms with E-state index >= 15 is 0 Å². The van der Waals surface area contributed by atoms with Crippen LogP contribution in [-0.4, -0.2) is 19.2 Å². The summed E-state index contributed by atoms with van der Waals surface area (Å²) in [5.74, 6) is -0.0385. The van der Waals surface area contributed by atoms with Crippen molar-refractivity contribution < 1.29 is 14.3 Å². The Morgan fingerprint density at radius 3 is 2.62 bits per heavy atom. The summed E-state index contributed by atoms with van der Waals surface area (Å²) in [6.45, 7) is 4.32. The molecule has 0 saturated heterocycles. The van der Waals surface area contributed by atoms with Gasteiger partial charge < -0.3 is 15.2 Å². The molecular weight excluding hydrogens is 230 g/mol. The minimum Gasteiger partial charge on any atom is -0.492 e. The van der Waals surface area contributed by atoms with Gasteiger partial charge in [-0.15, -0.1) is 0 Å². The Morgan fingerprint density at radius 1 is 1.38 bits per heavy atom. The van der Waals surface area contributed by atoms with Crippen molar-refractivity contribution in [1.82, 2.24) is 0 Å². The van der Waals surface area contributed by atoms with Crippen LogP contribution in [0.25, 0.3) is 0 Å². The predicted molar refractivity (Wildman–Crippen MR) is 63.0 cm³/mol.